The van der Waals surface area contributed by atoms with Crippen molar-refractivity contribution in [1.82, 2.24) is 0 Å². The van der Waals surface area contributed by atoms with Crippen LogP contribution < -0.4 is 0 Å². The first-order chi connectivity index (χ1) is 5.71. The molecule has 0 radical (unpaired) electrons. The molecule has 1 N–H and O–H groups in total. The lowest BCUT2D eigenvalue weighted by Crippen LogP contribution is -2.09. The highest BCUT2D eigenvalue weighted by Gasteiger charge is 2.66. The van der Waals surface area contributed by atoms with E-state index in [1.807, 2.05) is 0 Å². The van der Waals surface area contributed by atoms with Crippen LogP contribution in [0.1, 0.15) is 41.0 Å². The van der Waals surface area contributed by atoms with Crippen molar-refractivity contribution < 1.29 is 9.90 Å². The Morgan fingerprint density at radius 1 is 1.31 bits per heavy atom. The van der Waals surface area contributed by atoms with Crippen molar-refractivity contribution >= 4 is 5.97 Å². The van der Waals surface area contributed by atoms with Gasteiger partial charge in [0, 0.05) is 6.42 Å². The van der Waals surface area contributed by atoms with Crippen LogP contribution in [0.2, 0.25) is 0 Å². The fourth-order valence-electron chi connectivity index (χ4n) is 3.06. The highest BCUT2D eigenvalue weighted by atomic mass is 16.4. The van der Waals surface area contributed by atoms with E-state index < -0.39 is 5.97 Å². The van der Waals surface area contributed by atoms with Crippen LogP contribution in [0.5, 0.6) is 0 Å². The Balaban J connectivity index is 2.62. The fourth-order valence-corrected chi connectivity index (χ4v) is 3.06. The summed E-state index contributed by atoms with van der Waals surface area (Å²) in [6.45, 7) is 11.0. The molecule has 1 rings (SSSR count). The molecule has 0 heterocycles. The van der Waals surface area contributed by atoms with E-state index in [1.54, 1.807) is 0 Å². The number of carbonyl (C=O) groups is 1. The second-order valence-corrected chi connectivity index (χ2v) is 5.50. The predicted octanol–water partition coefficient (Wildman–Crippen LogP) is 2.78. The molecule has 1 unspecified atom stereocenters. The van der Waals surface area contributed by atoms with Gasteiger partial charge >= 0.3 is 5.97 Å². The predicted molar refractivity (Wildman–Crippen MR) is 52.5 cm³/mol. The van der Waals surface area contributed by atoms with Crippen molar-refractivity contribution in [3.63, 3.8) is 0 Å². The van der Waals surface area contributed by atoms with E-state index in [2.05, 4.69) is 34.6 Å². The molecule has 76 valence electrons. The minimum absolute atomic E-state index is 0.294. The summed E-state index contributed by atoms with van der Waals surface area (Å²) in [5, 5.41) is 8.70. The van der Waals surface area contributed by atoms with Crippen LogP contribution in [0.25, 0.3) is 0 Å². The van der Waals surface area contributed by atoms with Crippen LogP contribution in [-0.2, 0) is 4.79 Å². The van der Waals surface area contributed by atoms with Gasteiger partial charge in [-0.1, -0.05) is 34.6 Å². The Kier molecular flexibility index (Phi) is 2.21. The lowest BCUT2D eigenvalue weighted by Gasteiger charge is -2.09. The Morgan fingerprint density at radius 2 is 1.69 bits per heavy atom. The lowest BCUT2D eigenvalue weighted by atomic mass is 9.95. The molecule has 0 spiro atoms. The third-order valence-corrected chi connectivity index (χ3v) is 4.20. The number of aliphatic carboxylic acids is 1. The lowest BCUT2D eigenvalue weighted by molar-refractivity contribution is -0.138. The molecule has 1 fully saturated rings. The van der Waals surface area contributed by atoms with Crippen molar-refractivity contribution in [2.24, 2.45) is 22.7 Å². The van der Waals surface area contributed by atoms with Gasteiger partial charge in [-0.05, 0) is 22.7 Å². The van der Waals surface area contributed by atoms with Crippen LogP contribution in [0.15, 0.2) is 0 Å². The van der Waals surface area contributed by atoms with E-state index in [9.17, 15) is 4.79 Å². The van der Waals surface area contributed by atoms with Crippen LogP contribution in [0.3, 0.4) is 0 Å². The highest BCUT2D eigenvalue weighted by molar-refractivity contribution is 5.67. The molecule has 0 aliphatic heterocycles. The van der Waals surface area contributed by atoms with Crippen molar-refractivity contribution in [3.05, 3.63) is 0 Å². The monoisotopic (exact) mass is 184 g/mol. The van der Waals surface area contributed by atoms with Gasteiger partial charge in [-0.3, -0.25) is 4.79 Å². The molecule has 1 atom stereocenters. The number of hydrogen-bond donors (Lipinski definition) is 1. The smallest absolute Gasteiger partial charge is 0.303 e. The number of carboxylic acids is 1. The summed E-state index contributed by atoms with van der Waals surface area (Å²) in [6.07, 6.45) is 0.303. The average molecular weight is 184 g/mol. The van der Waals surface area contributed by atoms with E-state index in [4.69, 9.17) is 5.11 Å². The molecular formula is C11H20O2. The highest BCUT2D eigenvalue weighted by Crippen LogP contribution is 2.71. The maximum atomic E-state index is 10.6. The second-order valence-electron chi connectivity index (χ2n) is 5.50. The molecular weight excluding hydrogens is 164 g/mol. The number of carboxylic acid groups (broad SMARTS) is 1. The molecule has 0 saturated heterocycles. The first-order valence-corrected chi connectivity index (χ1v) is 4.93. The third-order valence-electron chi connectivity index (χ3n) is 4.20. The first-order valence-electron chi connectivity index (χ1n) is 4.93. The van der Waals surface area contributed by atoms with Gasteiger partial charge in [0.15, 0.2) is 0 Å². The molecule has 0 aromatic heterocycles. The Labute approximate surface area is 80.3 Å². The van der Waals surface area contributed by atoms with Gasteiger partial charge in [-0.2, -0.15) is 0 Å². The Hall–Kier alpha value is -0.530. The first kappa shape index (κ1) is 10.6. The fraction of sp³-hybridized carbons (Fsp3) is 0.909. The molecule has 0 aromatic carbocycles. The maximum absolute atomic E-state index is 10.6. The minimum atomic E-state index is -0.675. The van der Waals surface area contributed by atoms with E-state index >= 15 is 0 Å². The summed E-state index contributed by atoms with van der Waals surface area (Å²) in [6, 6.07) is 0. The molecule has 2 heteroatoms. The van der Waals surface area contributed by atoms with Crippen molar-refractivity contribution in [1.29, 1.82) is 0 Å². The largest absolute Gasteiger partial charge is 0.481 e. The normalized spacial score (nSPS) is 26.8. The van der Waals surface area contributed by atoms with Crippen LogP contribution in [-0.4, -0.2) is 11.1 Å². The summed E-state index contributed by atoms with van der Waals surface area (Å²) in [5.74, 6) is 0.171. The minimum Gasteiger partial charge on any atom is -0.481 e. The van der Waals surface area contributed by atoms with Gasteiger partial charge < -0.3 is 5.11 Å². The zero-order chi connectivity index (χ0) is 10.4. The summed E-state index contributed by atoms with van der Waals surface area (Å²) in [4.78, 5) is 10.6. The molecule has 0 bridgehead atoms. The summed E-state index contributed by atoms with van der Waals surface area (Å²) < 4.78 is 0. The standard InChI is InChI=1S/C11H20O2/c1-7(6-8(12)13)9-10(2,3)11(9,4)5/h7,9H,6H2,1-5H3,(H,12,13). The van der Waals surface area contributed by atoms with E-state index in [0.717, 1.165) is 0 Å². The van der Waals surface area contributed by atoms with Crippen LogP contribution in [0, 0.1) is 22.7 Å². The quantitative estimate of drug-likeness (QED) is 0.732. The van der Waals surface area contributed by atoms with Gasteiger partial charge in [0.25, 0.3) is 0 Å². The SMILES string of the molecule is CC(CC(=O)O)C1C(C)(C)C1(C)C. The van der Waals surface area contributed by atoms with Gasteiger partial charge in [-0.25, -0.2) is 0 Å². The van der Waals surface area contributed by atoms with E-state index in [-0.39, 0.29) is 0 Å². The third kappa shape index (κ3) is 1.47. The Bertz CT molecular complexity index is 214. The molecule has 2 nitrogen and oxygen atoms in total. The van der Waals surface area contributed by atoms with Crippen molar-refractivity contribution in [2.75, 3.05) is 0 Å². The molecule has 1 aliphatic rings. The van der Waals surface area contributed by atoms with Gasteiger partial charge in [-0.15, -0.1) is 0 Å². The molecule has 0 amide bonds. The molecule has 0 aromatic rings. The number of hydrogen-bond acceptors (Lipinski definition) is 1. The second kappa shape index (κ2) is 2.73. The maximum Gasteiger partial charge on any atom is 0.303 e. The number of rotatable bonds is 3. The van der Waals surface area contributed by atoms with Gasteiger partial charge in [0.2, 0.25) is 0 Å². The van der Waals surface area contributed by atoms with E-state index in [0.29, 0.717) is 29.1 Å². The average Bonchev–Trinajstić information content (AvgIpc) is 2.20. The molecule has 1 saturated carbocycles. The zero-order valence-electron chi connectivity index (χ0n) is 9.22. The zero-order valence-corrected chi connectivity index (χ0v) is 9.22. The molecule has 13 heavy (non-hydrogen) atoms. The van der Waals surface area contributed by atoms with Crippen LogP contribution >= 0.6 is 0 Å². The van der Waals surface area contributed by atoms with Crippen molar-refractivity contribution in [3.8, 4) is 0 Å². The summed E-state index contributed by atoms with van der Waals surface area (Å²) in [7, 11) is 0. The van der Waals surface area contributed by atoms with E-state index in [1.165, 1.54) is 0 Å². The van der Waals surface area contributed by atoms with Crippen molar-refractivity contribution in [2.45, 2.75) is 41.0 Å². The summed E-state index contributed by atoms with van der Waals surface area (Å²) >= 11 is 0. The topological polar surface area (TPSA) is 37.3 Å². The molecule has 1 aliphatic carbocycles. The summed E-state index contributed by atoms with van der Waals surface area (Å²) in [5.41, 5.74) is 0.615. The van der Waals surface area contributed by atoms with Crippen LogP contribution in [0.4, 0.5) is 0 Å². The van der Waals surface area contributed by atoms with Gasteiger partial charge in [0.05, 0.1) is 0 Å². The van der Waals surface area contributed by atoms with Gasteiger partial charge in [0.1, 0.15) is 0 Å². The Morgan fingerprint density at radius 3 is 1.92 bits per heavy atom.